The minimum atomic E-state index is -0.473. The molecule has 0 aliphatic heterocycles. The van der Waals surface area contributed by atoms with Gasteiger partial charge in [-0.25, -0.2) is 4.39 Å². The quantitative estimate of drug-likeness (QED) is 0.773. The molecule has 0 saturated heterocycles. The van der Waals surface area contributed by atoms with E-state index in [-0.39, 0.29) is 17.4 Å². The largest absolute Gasteiger partial charge is 0.326 e. The van der Waals surface area contributed by atoms with Crippen LogP contribution in [0.4, 0.5) is 10.1 Å². The van der Waals surface area contributed by atoms with Crippen molar-refractivity contribution in [3.05, 3.63) is 29.0 Å². The van der Waals surface area contributed by atoms with Crippen molar-refractivity contribution >= 4 is 35.8 Å². The smallest absolute Gasteiger partial charge is 0.225 e. The molecule has 1 amide bonds. The predicted molar refractivity (Wildman–Crippen MR) is 58.5 cm³/mol. The summed E-state index contributed by atoms with van der Waals surface area (Å²) in [4.78, 5) is 11.1. The second-order valence-electron chi connectivity index (χ2n) is 2.68. The molecule has 0 aliphatic carbocycles. The molecule has 1 aromatic rings. The Hall–Kier alpha value is -0.740. The van der Waals surface area contributed by atoms with E-state index in [1.807, 2.05) is 0 Å². The molecule has 0 aromatic heterocycles. The summed E-state index contributed by atoms with van der Waals surface area (Å²) in [7, 11) is 0. The van der Waals surface area contributed by atoms with E-state index in [0.717, 1.165) is 0 Å². The van der Waals surface area contributed by atoms with Gasteiger partial charge >= 0.3 is 0 Å². The fourth-order valence-corrected chi connectivity index (χ4v) is 1.38. The van der Waals surface area contributed by atoms with Gasteiger partial charge in [0.05, 0.1) is 0 Å². The van der Waals surface area contributed by atoms with Gasteiger partial charge in [-0.05, 0) is 24.0 Å². The molecule has 0 unspecified atom stereocenters. The van der Waals surface area contributed by atoms with Crippen molar-refractivity contribution in [2.75, 3.05) is 11.1 Å². The van der Waals surface area contributed by atoms with Gasteiger partial charge in [-0.1, -0.05) is 11.6 Å². The van der Waals surface area contributed by atoms with Gasteiger partial charge in [-0.15, -0.1) is 0 Å². The number of amides is 1. The van der Waals surface area contributed by atoms with Crippen LogP contribution in [0.2, 0.25) is 5.02 Å². The highest BCUT2D eigenvalue weighted by Gasteiger charge is 2.03. The van der Waals surface area contributed by atoms with E-state index >= 15 is 0 Å². The highest BCUT2D eigenvalue weighted by molar-refractivity contribution is 7.80. The summed E-state index contributed by atoms with van der Waals surface area (Å²) in [5.41, 5.74) is 0.363. The van der Waals surface area contributed by atoms with E-state index in [2.05, 4.69) is 17.9 Å². The van der Waals surface area contributed by atoms with E-state index in [0.29, 0.717) is 11.4 Å². The van der Waals surface area contributed by atoms with Gasteiger partial charge in [0.15, 0.2) is 0 Å². The minimum Gasteiger partial charge on any atom is -0.326 e. The molecular weight excluding hydrogens is 225 g/mol. The number of hydrogen-bond donors (Lipinski definition) is 2. The zero-order valence-corrected chi connectivity index (χ0v) is 8.91. The summed E-state index contributed by atoms with van der Waals surface area (Å²) in [5, 5.41) is 2.77. The highest BCUT2D eigenvalue weighted by atomic mass is 35.5. The maximum atomic E-state index is 12.8. The number of thiol groups is 1. The molecule has 0 saturated carbocycles. The lowest BCUT2D eigenvalue weighted by molar-refractivity contribution is -0.115. The summed E-state index contributed by atoms with van der Waals surface area (Å²) < 4.78 is 12.8. The van der Waals surface area contributed by atoms with Crippen molar-refractivity contribution in [3.8, 4) is 0 Å². The fraction of sp³-hybridized carbons (Fsp3) is 0.222. The van der Waals surface area contributed by atoms with Crippen LogP contribution in [0, 0.1) is 5.82 Å². The molecule has 1 rings (SSSR count). The second kappa shape index (κ2) is 5.22. The molecule has 2 nitrogen and oxygen atoms in total. The van der Waals surface area contributed by atoms with Gasteiger partial charge < -0.3 is 5.32 Å². The number of carbonyl (C=O) groups is 1. The van der Waals surface area contributed by atoms with Crippen molar-refractivity contribution in [2.45, 2.75) is 6.42 Å². The molecule has 0 heterocycles. The normalized spacial score (nSPS) is 9.93. The number of halogens is 2. The molecule has 0 fully saturated rings. The lowest BCUT2D eigenvalue weighted by atomic mass is 10.3. The van der Waals surface area contributed by atoms with Gasteiger partial charge in [0.1, 0.15) is 5.82 Å². The number of rotatable bonds is 3. The van der Waals surface area contributed by atoms with Crippen LogP contribution >= 0.6 is 24.2 Å². The van der Waals surface area contributed by atoms with Crippen LogP contribution < -0.4 is 5.32 Å². The molecule has 76 valence electrons. The Bertz CT molecular complexity index is 325. The van der Waals surface area contributed by atoms with Gasteiger partial charge in [-0.3, -0.25) is 4.79 Å². The Morgan fingerprint density at radius 1 is 1.50 bits per heavy atom. The SMILES string of the molecule is O=C(CCS)Nc1cc(F)cc(Cl)c1. The molecule has 1 N–H and O–H groups in total. The number of carbonyl (C=O) groups excluding carboxylic acids is 1. The van der Waals surface area contributed by atoms with Crippen molar-refractivity contribution in [1.82, 2.24) is 0 Å². The Kier molecular flexibility index (Phi) is 4.22. The lowest BCUT2D eigenvalue weighted by Crippen LogP contribution is -2.11. The monoisotopic (exact) mass is 233 g/mol. The lowest BCUT2D eigenvalue weighted by Gasteiger charge is -2.04. The summed E-state index contributed by atoms with van der Waals surface area (Å²) >= 11 is 9.51. The third-order valence-corrected chi connectivity index (χ3v) is 1.93. The zero-order chi connectivity index (χ0) is 10.6. The first-order valence-electron chi connectivity index (χ1n) is 3.98. The third-order valence-electron chi connectivity index (χ3n) is 1.49. The second-order valence-corrected chi connectivity index (χ2v) is 3.56. The molecule has 0 bridgehead atoms. The molecule has 5 heteroatoms. The molecule has 14 heavy (non-hydrogen) atoms. The van der Waals surface area contributed by atoms with E-state index in [1.54, 1.807) is 0 Å². The molecule has 0 aliphatic rings. The van der Waals surface area contributed by atoms with Crippen LogP contribution in [0.3, 0.4) is 0 Å². The Morgan fingerprint density at radius 2 is 2.21 bits per heavy atom. The maximum absolute atomic E-state index is 12.8. The number of nitrogens with one attached hydrogen (secondary N) is 1. The molecule has 0 radical (unpaired) electrons. The van der Waals surface area contributed by atoms with Crippen molar-refractivity contribution in [1.29, 1.82) is 0 Å². The number of anilines is 1. The highest BCUT2D eigenvalue weighted by Crippen LogP contribution is 2.18. The Balaban J connectivity index is 2.71. The van der Waals surface area contributed by atoms with Crippen LogP contribution in [-0.2, 0) is 4.79 Å². The van der Waals surface area contributed by atoms with Gasteiger partial charge in [0, 0.05) is 17.1 Å². The first-order valence-corrected chi connectivity index (χ1v) is 4.99. The van der Waals surface area contributed by atoms with Crippen LogP contribution in [0.25, 0.3) is 0 Å². The fourth-order valence-electron chi connectivity index (χ4n) is 0.951. The van der Waals surface area contributed by atoms with Crippen LogP contribution in [0.5, 0.6) is 0 Å². The summed E-state index contributed by atoms with van der Waals surface area (Å²) in [5.74, 6) is -0.227. The Morgan fingerprint density at radius 3 is 2.79 bits per heavy atom. The van der Waals surface area contributed by atoms with Gasteiger partial charge in [-0.2, -0.15) is 12.6 Å². The first-order chi connectivity index (χ1) is 6.61. The molecule has 0 atom stereocenters. The molecule has 0 spiro atoms. The van der Waals surface area contributed by atoms with E-state index in [9.17, 15) is 9.18 Å². The third kappa shape index (κ3) is 3.55. The summed E-state index contributed by atoms with van der Waals surface area (Å²) in [6.07, 6.45) is 0.289. The minimum absolute atomic E-state index is 0.207. The molecule has 1 aromatic carbocycles. The van der Waals surface area contributed by atoms with E-state index in [1.165, 1.54) is 18.2 Å². The van der Waals surface area contributed by atoms with Crippen LogP contribution in [-0.4, -0.2) is 11.7 Å². The average Bonchev–Trinajstić information content (AvgIpc) is 2.01. The van der Waals surface area contributed by atoms with Crippen LogP contribution in [0.15, 0.2) is 18.2 Å². The Labute approximate surface area is 91.9 Å². The maximum Gasteiger partial charge on any atom is 0.225 e. The van der Waals surface area contributed by atoms with E-state index in [4.69, 9.17) is 11.6 Å². The van der Waals surface area contributed by atoms with E-state index < -0.39 is 5.82 Å². The van der Waals surface area contributed by atoms with Crippen molar-refractivity contribution in [2.24, 2.45) is 0 Å². The predicted octanol–water partition coefficient (Wildman–Crippen LogP) is 2.74. The van der Waals surface area contributed by atoms with Gasteiger partial charge in [0.2, 0.25) is 5.91 Å². The molecular formula is C9H9ClFNOS. The number of benzene rings is 1. The standard InChI is InChI=1S/C9H9ClFNOS/c10-6-3-7(11)5-8(4-6)12-9(13)1-2-14/h3-5,14H,1-2H2,(H,12,13). The summed E-state index contributed by atoms with van der Waals surface area (Å²) in [6.45, 7) is 0. The zero-order valence-electron chi connectivity index (χ0n) is 7.26. The van der Waals surface area contributed by atoms with Gasteiger partial charge in [0.25, 0.3) is 0 Å². The van der Waals surface area contributed by atoms with Crippen molar-refractivity contribution < 1.29 is 9.18 Å². The van der Waals surface area contributed by atoms with Crippen LogP contribution in [0.1, 0.15) is 6.42 Å². The topological polar surface area (TPSA) is 29.1 Å². The summed E-state index contributed by atoms with van der Waals surface area (Å²) in [6, 6.07) is 3.87. The average molecular weight is 234 g/mol. The van der Waals surface area contributed by atoms with Crippen molar-refractivity contribution in [3.63, 3.8) is 0 Å². The number of hydrogen-bond acceptors (Lipinski definition) is 2. The first kappa shape index (κ1) is 11.3.